The van der Waals surface area contributed by atoms with Gasteiger partial charge in [0.25, 0.3) is 0 Å². The topological polar surface area (TPSA) is 49.3 Å². The minimum Gasteiger partial charge on any atom is -0.478 e. The van der Waals surface area contributed by atoms with Crippen molar-refractivity contribution in [2.75, 3.05) is 6.54 Å². The third-order valence-corrected chi connectivity index (χ3v) is 2.90. The summed E-state index contributed by atoms with van der Waals surface area (Å²) in [6.07, 6.45) is 1.08. The van der Waals surface area contributed by atoms with Crippen molar-refractivity contribution in [3.63, 3.8) is 0 Å². The first-order chi connectivity index (χ1) is 7.68. The van der Waals surface area contributed by atoms with Crippen molar-refractivity contribution >= 4 is 5.97 Å². The molecule has 2 atom stereocenters. The molecule has 0 radical (unpaired) electrons. The van der Waals surface area contributed by atoms with E-state index in [2.05, 4.69) is 24.0 Å². The first-order valence-corrected chi connectivity index (χ1v) is 5.38. The molecule has 2 unspecified atom stereocenters. The molecule has 1 aliphatic carbocycles. The summed E-state index contributed by atoms with van der Waals surface area (Å²) < 4.78 is 0. The van der Waals surface area contributed by atoms with Gasteiger partial charge in [0.05, 0.1) is 0 Å². The van der Waals surface area contributed by atoms with Gasteiger partial charge in [0.15, 0.2) is 0 Å². The number of carboxylic acids is 1. The number of aliphatic carboxylic acids is 1. The number of carboxylic acid groups (broad SMARTS) is 1. The summed E-state index contributed by atoms with van der Waals surface area (Å²) in [5.74, 6) is -0.396. The second-order valence-electron chi connectivity index (χ2n) is 4.15. The van der Waals surface area contributed by atoms with E-state index in [4.69, 9.17) is 5.11 Å². The van der Waals surface area contributed by atoms with E-state index in [1.165, 1.54) is 5.56 Å². The molecule has 0 amide bonds. The van der Waals surface area contributed by atoms with Crippen molar-refractivity contribution in [3.05, 3.63) is 48.0 Å². The Morgan fingerprint density at radius 1 is 1.44 bits per heavy atom. The highest BCUT2D eigenvalue weighted by molar-refractivity contribution is 5.86. The Labute approximate surface area is 94.8 Å². The van der Waals surface area contributed by atoms with Crippen LogP contribution in [0.25, 0.3) is 0 Å². The highest BCUT2D eigenvalue weighted by Crippen LogP contribution is 2.40. The molecule has 1 aliphatic rings. The standard InChI is InChI=1S/C13H15NO2/c1-9(13(15)16)8-14-12-7-11(12)10-5-3-2-4-6-10/h2-6,11-12,14H,1,7-8H2,(H,15,16). The van der Waals surface area contributed by atoms with Gasteiger partial charge in [0, 0.05) is 24.1 Å². The van der Waals surface area contributed by atoms with Crippen LogP contribution in [-0.2, 0) is 4.79 Å². The maximum Gasteiger partial charge on any atom is 0.332 e. The molecule has 3 heteroatoms. The maximum absolute atomic E-state index is 10.5. The molecule has 2 rings (SSSR count). The molecule has 1 aromatic carbocycles. The molecule has 1 fully saturated rings. The average Bonchev–Trinajstić information content (AvgIpc) is 3.06. The molecule has 0 heterocycles. The minimum absolute atomic E-state index is 0.221. The van der Waals surface area contributed by atoms with E-state index in [0.717, 1.165) is 6.42 Å². The molecule has 0 aromatic heterocycles. The van der Waals surface area contributed by atoms with E-state index in [9.17, 15) is 4.79 Å². The Hall–Kier alpha value is -1.61. The first kappa shape index (κ1) is 10.9. The Morgan fingerprint density at radius 3 is 2.75 bits per heavy atom. The third kappa shape index (κ3) is 2.49. The van der Waals surface area contributed by atoms with E-state index in [0.29, 0.717) is 18.5 Å². The van der Waals surface area contributed by atoms with Gasteiger partial charge >= 0.3 is 5.97 Å². The molecule has 0 spiro atoms. The fourth-order valence-electron chi connectivity index (χ4n) is 1.82. The van der Waals surface area contributed by atoms with Gasteiger partial charge in [-0.1, -0.05) is 36.9 Å². The van der Waals surface area contributed by atoms with Crippen LogP contribution < -0.4 is 5.32 Å². The molecule has 0 aliphatic heterocycles. The lowest BCUT2D eigenvalue weighted by molar-refractivity contribution is -0.132. The zero-order valence-corrected chi connectivity index (χ0v) is 9.02. The zero-order valence-electron chi connectivity index (χ0n) is 9.02. The summed E-state index contributed by atoms with van der Waals surface area (Å²) in [4.78, 5) is 10.5. The van der Waals surface area contributed by atoms with Gasteiger partial charge < -0.3 is 10.4 Å². The van der Waals surface area contributed by atoms with Gasteiger partial charge in [-0.05, 0) is 12.0 Å². The lowest BCUT2D eigenvalue weighted by Gasteiger charge is -2.03. The fourth-order valence-corrected chi connectivity index (χ4v) is 1.82. The number of hydrogen-bond donors (Lipinski definition) is 2. The van der Waals surface area contributed by atoms with Crippen molar-refractivity contribution in [2.45, 2.75) is 18.4 Å². The summed E-state index contributed by atoms with van der Waals surface area (Å²) in [5, 5.41) is 11.9. The van der Waals surface area contributed by atoms with Crippen LogP contribution in [0.5, 0.6) is 0 Å². The third-order valence-electron chi connectivity index (χ3n) is 2.90. The van der Waals surface area contributed by atoms with Crippen LogP contribution in [0, 0.1) is 0 Å². The lowest BCUT2D eigenvalue weighted by atomic mass is 10.1. The summed E-state index contributed by atoms with van der Waals surface area (Å²) in [5.41, 5.74) is 1.54. The van der Waals surface area contributed by atoms with Gasteiger partial charge in [0.2, 0.25) is 0 Å². The maximum atomic E-state index is 10.5. The summed E-state index contributed by atoms with van der Waals surface area (Å²) in [6.45, 7) is 3.85. The monoisotopic (exact) mass is 217 g/mol. The second kappa shape index (κ2) is 4.49. The average molecular weight is 217 g/mol. The van der Waals surface area contributed by atoms with E-state index < -0.39 is 5.97 Å². The van der Waals surface area contributed by atoms with E-state index in [1.54, 1.807) is 0 Å². The molecular formula is C13H15NO2. The van der Waals surface area contributed by atoms with Gasteiger partial charge in [-0.2, -0.15) is 0 Å². The van der Waals surface area contributed by atoms with Crippen LogP contribution >= 0.6 is 0 Å². The second-order valence-corrected chi connectivity index (χ2v) is 4.15. The fraction of sp³-hybridized carbons (Fsp3) is 0.308. The SMILES string of the molecule is C=C(CNC1CC1c1ccccc1)C(=O)O. The Bertz CT molecular complexity index is 400. The largest absolute Gasteiger partial charge is 0.478 e. The smallest absolute Gasteiger partial charge is 0.332 e. The minimum atomic E-state index is -0.926. The Balaban J connectivity index is 1.80. The summed E-state index contributed by atoms with van der Waals surface area (Å²) in [7, 11) is 0. The van der Waals surface area contributed by atoms with E-state index in [-0.39, 0.29) is 5.57 Å². The van der Waals surface area contributed by atoms with Crippen LogP contribution in [0.4, 0.5) is 0 Å². The molecule has 0 saturated heterocycles. The van der Waals surface area contributed by atoms with Crippen LogP contribution in [0.3, 0.4) is 0 Å². The van der Waals surface area contributed by atoms with Gasteiger partial charge in [-0.15, -0.1) is 0 Å². The normalized spacial score (nSPS) is 22.8. The van der Waals surface area contributed by atoms with Crippen molar-refractivity contribution in [1.82, 2.24) is 5.32 Å². The van der Waals surface area contributed by atoms with E-state index in [1.807, 2.05) is 18.2 Å². The highest BCUT2D eigenvalue weighted by Gasteiger charge is 2.37. The highest BCUT2D eigenvalue weighted by atomic mass is 16.4. The number of benzene rings is 1. The molecule has 84 valence electrons. The van der Waals surface area contributed by atoms with Crippen LogP contribution in [-0.4, -0.2) is 23.7 Å². The van der Waals surface area contributed by atoms with Gasteiger partial charge in [0.1, 0.15) is 0 Å². The first-order valence-electron chi connectivity index (χ1n) is 5.38. The molecule has 0 bridgehead atoms. The Kier molecular flexibility index (Phi) is 3.06. The van der Waals surface area contributed by atoms with Crippen molar-refractivity contribution in [3.8, 4) is 0 Å². The van der Waals surface area contributed by atoms with Gasteiger partial charge in [-0.25, -0.2) is 4.79 Å². The number of rotatable bonds is 5. The van der Waals surface area contributed by atoms with Crippen molar-refractivity contribution in [2.24, 2.45) is 0 Å². The molecule has 16 heavy (non-hydrogen) atoms. The summed E-state index contributed by atoms with van der Waals surface area (Å²) >= 11 is 0. The molecular weight excluding hydrogens is 202 g/mol. The van der Waals surface area contributed by atoms with Crippen LogP contribution in [0.2, 0.25) is 0 Å². The zero-order chi connectivity index (χ0) is 11.5. The number of hydrogen-bond acceptors (Lipinski definition) is 2. The lowest BCUT2D eigenvalue weighted by Crippen LogP contribution is -2.23. The molecule has 3 nitrogen and oxygen atoms in total. The van der Waals surface area contributed by atoms with Crippen LogP contribution in [0.1, 0.15) is 17.9 Å². The van der Waals surface area contributed by atoms with Crippen LogP contribution in [0.15, 0.2) is 42.5 Å². The number of nitrogens with one attached hydrogen (secondary N) is 1. The van der Waals surface area contributed by atoms with Crippen molar-refractivity contribution in [1.29, 1.82) is 0 Å². The van der Waals surface area contributed by atoms with E-state index >= 15 is 0 Å². The number of carbonyl (C=O) groups is 1. The molecule has 1 aromatic rings. The Morgan fingerprint density at radius 2 is 2.12 bits per heavy atom. The molecule has 1 saturated carbocycles. The predicted molar refractivity (Wildman–Crippen MR) is 62.4 cm³/mol. The quantitative estimate of drug-likeness (QED) is 0.739. The molecule has 2 N–H and O–H groups in total. The van der Waals surface area contributed by atoms with Gasteiger partial charge in [-0.3, -0.25) is 0 Å². The summed E-state index contributed by atoms with van der Waals surface area (Å²) in [6, 6.07) is 10.7. The van der Waals surface area contributed by atoms with Crippen molar-refractivity contribution < 1.29 is 9.90 Å². The predicted octanol–water partition coefficient (Wildman–Crippen LogP) is 1.77.